The number of aliphatic hydroxyl groups is 1. The van der Waals surface area contributed by atoms with Gasteiger partial charge in [-0.25, -0.2) is 0 Å². The summed E-state index contributed by atoms with van der Waals surface area (Å²) in [6, 6.07) is 8.23. The molecule has 80 valence electrons. The Bertz CT molecular complexity index is 340. The van der Waals surface area contributed by atoms with E-state index in [0.717, 1.165) is 12.0 Å². The average Bonchev–Trinajstić information content (AvgIpc) is 2.28. The maximum atomic E-state index is 9.28. The summed E-state index contributed by atoms with van der Waals surface area (Å²) in [7, 11) is 0. The van der Waals surface area contributed by atoms with Crippen molar-refractivity contribution >= 4 is 0 Å². The summed E-state index contributed by atoms with van der Waals surface area (Å²) in [5.41, 5.74) is 2.32. The Morgan fingerprint density at radius 2 is 1.87 bits per heavy atom. The van der Waals surface area contributed by atoms with Gasteiger partial charge in [0.2, 0.25) is 0 Å². The van der Waals surface area contributed by atoms with Gasteiger partial charge in [-0.15, -0.1) is 0 Å². The number of aryl methyl sites for hydroxylation is 1. The summed E-state index contributed by atoms with van der Waals surface area (Å²) in [6.45, 7) is 4.09. The monoisotopic (exact) mass is 202 g/mol. The van der Waals surface area contributed by atoms with Gasteiger partial charge in [0.25, 0.3) is 0 Å². The topological polar surface area (TPSA) is 20.2 Å². The predicted octanol–water partition coefficient (Wildman–Crippen LogP) is 2.76. The molecule has 1 N–H and O–H groups in total. The number of hydrogen-bond donors (Lipinski definition) is 1. The molecule has 1 aromatic rings. The van der Waals surface area contributed by atoms with Crippen molar-refractivity contribution in [3.05, 3.63) is 35.4 Å². The van der Waals surface area contributed by atoms with Gasteiger partial charge in [0.1, 0.15) is 6.10 Å². The highest BCUT2D eigenvalue weighted by Gasteiger charge is 1.93. The van der Waals surface area contributed by atoms with E-state index in [9.17, 15) is 5.11 Å². The van der Waals surface area contributed by atoms with Crippen molar-refractivity contribution in [3.63, 3.8) is 0 Å². The summed E-state index contributed by atoms with van der Waals surface area (Å²) in [6.07, 6.45) is 2.46. The standard InChI is InChI=1S/C14H18O/c1-3-5-12-6-8-13(9-7-12)10-11-14(15)4-2/h6-9,14-15H,3-5H2,1-2H3. The second-order valence-electron chi connectivity index (χ2n) is 3.64. The first-order valence-corrected chi connectivity index (χ1v) is 5.54. The Balaban J connectivity index is 2.66. The Labute approximate surface area is 92.1 Å². The normalized spacial score (nSPS) is 11.7. The zero-order valence-electron chi connectivity index (χ0n) is 9.46. The molecule has 0 aliphatic carbocycles. The van der Waals surface area contributed by atoms with Crippen molar-refractivity contribution in [1.82, 2.24) is 0 Å². The minimum atomic E-state index is -0.500. The SMILES string of the molecule is CCCc1ccc(C#CC(O)CC)cc1. The third kappa shape index (κ3) is 4.18. The van der Waals surface area contributed by atoms with Gasteiger partial charge in [-0.2, -0.15) is 0 Å². The Morgan fingerprint density at radius 1 is 1.20 bits per heavy atom. The van der Waals surface area contributed by atoms with E-state index in [4.69, 9.17) is 0 Å². The van der Waals surface area contributed by atoms with Crippen LogP contribution in [0.15, 0.2) is 24.3 Å². The maximum Gasteiger partial charge on any atom is 0.114 e. The summed E-state index contributed by atoms with van der Waals surface area (Å²) < 4.78 is 0. The van der Waals surface area contributed by atoms with Crippen molar-refractivity contribution in [2.75, 3.05) is 0 Å². The smallest absolute Gasteiger partial charge is 0.114 e. The molecule has 15 heavy (non-hydrogen) atoms. The number of benzene rings is 1. The maximum absolute atomic E-state index is 9.28. The van der Waals surface area contributed by atoms with Crippen LogP contribution in [0.2, 0.25) is 0 Å². The Morgan fingerprint density at radius 3 is 2.40 bits per heavy atom. The van der Waals surface area contributed by atoms with E-state index < -0.39 is 6.10 Å². The number of rotatable bonds is 3. The summed E-state index contributed by atoms with van der Waals surface area (Å²) >= 11 is 0. The molecule has 1 aromatic carbocycles. The molecule has 0 aliphatic heterocycles. The van der Waals surface area contributed by atoms with E-state index in [0.29, 0.717) is 6.42 Å². The lowest BCUT2D eigenvalue weighted by Crippen LogP contribution is -1.98. The highest BCUT2D eigenvalue weighted by molar-refractivity contribution is 5.36. The molecule has 1 unspecified atom stereocenters. The van der Waals surface area contributed by atoms with E-state index in [1.165, 1.54) is 12.0 Å². The van der Waals surface area contributed by atoms with Gasteiger partial charge < -0.3 is 5.11 Å². The summed E-state index contributed by atoms with van der Waals surface area (Å²) in [4.78, 5) is 0. The van der Waals surface area contributed by atoms with Crippen molar-refractivity contribution < 1.29 is 5.11 Å². The van der Waals surface area contributed by atoms with Gasteiger partial charge in [0.15, 0.2) is 0 Å². The zero-order chi connectivity index (χ0) is 11.1. The van der Waals surface area contributed by atoms with Crippen LogP contribution in [0.4, 0.5) is 0 Å². The predicted molar refractivity (Wildman–Crippen MR) is 63.6 cm³/mol. The molecule has 0 amide bonds. The fourth-order valence-electron chi connectivity index (χ4n) is 1.31. The largest absolute Gasteiger partial charge is 0.380 e. The highest BCUT2D eigenvalue weighted by atomic mass is 16.3. The van der Waals surface area contributed by atoms with Crippen molar-refractivity contribution in [2.24, 2.45) is 0 Å². The van der Waals surface area contributed by atoms with Crippen molar-refractivity contribution in [3.8, 4) is 11.8 Å². The molecule has 1 heteroatoms. The van der Waals surface area contributed by atoms with Gasteiger partial charge >= 0.3 is 0 Å². The molecule has 0 bridgehead atoms. The van der Waals surface area contributed by atoms with Gasteiger partial charge in [-0.1, -0.05) is 44.2 Å². The molecule has 0 heterocycles. The van der Waals surface area contributed by atoms with E-state index in [2.05, 4.69) is 30.9 Å². The third-order valence-corrected chi connectivity index (χ3v) is 2.26. The molecule has 0 saturated heterocycles. The minimum Gasteiger partial charge on any atom is -0.380 e. The van der Waals surface area contributed by atoms with Gasteiger partial charge in [0.05, 0.1) is 0 Å². The van der Waals surface area contributed by atoms with Crippen molar-refractivity contribution in [1.29, 1.82) is 0 Å². The average molecular weight is 202 g/mol. The highest BCUT2D eigenvalue weighted by Crippen LogP contribution is 2.05. The van der Waals surface area contributed by atoms with Crippen LogP contribution in [0.3, 0.4) is 0 Å². The molecule has 0 radical (unpaired) electrons. The van der Waals surface area contributed by atoms with Crippen LogP contribution in [-0.4, -0.2) is 11.2 Å². The first kappa shape index (κ1) is 11.8. The second-order valence-corrected chi connectivity index (χ2v) is 3.64. The lowest BCUT2D eigenvalue weighted by atomic mass is 10.1. The summed E-state index contributed by atoms with van der Waals surface area (Å²) in [5, 5.41) is 9.28. The Kier molecular flexibility index (Phi) is 4.93. The first-order chi connectivity index (χ1) is 7.26. The lowest BCUT2D eigenvalue weighted by molar-refractivity contribution is 0.228. The molecular weight excluding hydrogens is 184 g/mol. The quantitative estimate of drug-likeness (QED) is 0.747. The van der Waals surface area contributed by atoms with Crippen LogP contribution >= 0.6 is 0 Å². The summed E-state index contributed by atoms with van der Waals surface area (Å²) in [5.74, 6) is 5.77. The molecule has 0 aromatic heterocycles. The molecule has 0 fully saturated rings. The van der Waals surface area contributed by atoms with Crippen LogP contribution in [0.5, 0.6) is 0 Å². The molecule has 0 spiro atoms. The molecule has 0 aliphatic rings. The molecule has 1 rings (SSSR count). The molecule has 1 atom stereocenters. The Hall–Kier alpha value is -1.26. The number of hydrogen-bond acceptors (Lipinski definition) is 1. The first-order valence-electron chi connectivity index (χ1n) is 5.54. The fraction of sp³-hybridized carbons (Fsp3) is 0.429. The van der Waals surface area contributed by atoms with E-state index in [-0.39, 0.29) is 0 Å². The van der Waals surface area contributed by atoms with Crippen molar-refractivity contribution in [2.45, 2.75) is 39.2 Å². The van der Waals surface area contributed by atoms with E-state index in [1.54, 1.807) is 0 Å². The lowest BCUT2D eigenvalue weighted by Gasteiger charge is -1.98. The van der Waals surface area contributed by atoms with E-state index >= 15 is 0 Å². The van der Waals surface area contributed by atoms with Crippen LogP contribution in [-0.2, 0) is 6.42 Å². The molecule has 0 saturated carbocycles. The van der Waals surface area contributed by atoms with Gasteiger partial charge in [0, 0.05) is 5.56 Å². The molecular formula is C14H18O. The fourth-order valence-corrected chi connectivity index (χ4v) is 1.31. The van der Waals surface area contributed by atoms with Crippen LogP contribution in [0, 0.1) is 11.8 Å². The van der Waals surface area contributed by atoms with Crippen LogP contribution in [0.1, 0.15) is 37.8 Å². The van der Waals surface area contributed by atoms with Crippen LogP contribution < -0.4 is 0 Å². The zero-order valence-corrected chi connectivity index (χ0v) is 9.46. The van der Waals surface area contributed by atoms with Gasteiger partial charge in [-0.05, 0) is 30.5 Å². The van der Waals surface area contributed by atoms with E-state index in [1.807, 2.05) is 19.1 Å². The second kappa shape index (κ2) is 6.27. The van der Waals surface area contributed by atoms with Crippen LogP contribution in [0.25, 0.3) is 0 Å². The third-order valence-electron chi connectivity index (χ3n) is 2.26. The van der Waals surface area contributed by atoms with Gasteiger partial charge in [-0.3, -0.25) is 0 Å². The number of aliphatic hydroxyl groups excluding tert-OH is 1. The minimum absolute atomic E-state index is 0.500. The molecule has 1 nitrogen and oxygen atoms in total.